The highest BCUT2D eigenvalue weighted by molar-refractivity contribution is 7.89. The van der Waals surface area contributed by atoms with Crippen molar-refractivity contribution in [3.8, 4) is 11.5 Å². The van der Waals surface area contributed by atoms with Gasteiger partial charge in [0, 0.05) is 31.3 Å². The summed E-state index contributed by atoms with van der Waals surface area (Å²) in [5, 5.41) is 11.8. The van der Waals surface area contributed by atoms with Crippen molar-refractivity contribution in [3.05, 3.63) is 54.1 Å². The number of ether oxygens (including phenoxy) is 5. The summed E-state index contributed by atoms with van der Waals surface area (Å²) in [7, 11) is -5.29. The average Bonchev–Trinajstić information content (AvgIpc) is 3.60. The number of alkyl halides is 2. The number of aliphatic hydroxyl groups is 1. The van der Waals surface area contributed by atoms with E-state index in [-0.39, 0.29) is 35.1 Å². The highest BCUT2D eigenvalue weighted by atomic mass is 32.2. The third-order valence-electron chi connectivity index (χ3n) is 6.82. The zero-order valence-electron chi connectivity index (χ0n) is 37.4. The number of fused-ring (bicyclic) bond motifs is 1. The van der Waals surface area contributed by atoms with Crippen molar-refractivity contribution in [2.24, 2.45) is 17.7 Å². The first-order valence-corrected chi connectivity index (χ1v) is 15.3. The summed E-state index contributed by atoms with van der Waals surface area (Å²) in [6, 6.07) is 8.32. The van der Waals surface area contributed by atoms with Gasteiger partial charge in [-0.1, -0.05) is 25.9 Å². The summed E-state index contributed by atoms with van der Waals surface area (Å²) in [4.78, 5) is 12.8. The smallest absolute Gasteiger partial charge is 0.387 e. The molecule has 2 aliphatic rings. The zero-order valence-corrected chi connectivity index (χ0v) is 25.2. The van der Waals surface area contributed by atoms with E-state index in [2.05, 4.69) is 4.74 Å². The second kappa shape index (κ2) is 15.6. The molecule has 2 unspecified atom stereocenters. The normalized spacial score (nSPS) is 31.8. The Labute approximate surface area is 281 Å². The Morgan fingerprint density at radius 1 is 1.16 bits per heavy atom. The second-order valence-corrected chi connectivity index (χ2v) is 12.2. The third-order valence-corrected chi connectivity index (χ3v) is 8.51. The molecule has 45 heavy (non-hydrogen) atoms. The molecule has 250 valence electrons. The Morgan fingerprint density at radius 3 is 2.51 bits per heavy atom. The molecule has 0 spiro atoms. The van der Waals surface area contributed by atoms with Gasteiger partial charge in [-0.3, -0.25) is 4.79 Å². The van der Waals surface area contributed by atoms with Crippen LogP contribution >= 0.6 is 0 Å². The number of carbonyl (C=O) groups excluding carboxylic acids is 1. The van der Waals surface area contributed by atoms with Crippen LogP contribution in [0.5, 0.6) is 11.5 Å². The van der Waals surface area contributed by atoms with Crippen LogP contribution in [0.3, 0.4) is 0 Å². The third kappa shape index (κ3) is 9.82. The first-order valence-electron chi connectivity index (χ1n) is 20.3. The minimum absolute atomic E-state index is 0.0653. The highest BCUT2D eigenvalue weighted by Crippen LogP contribution is 2.34. The average molecular weight is 669 g/mol. The largest absolute Gasteiger partial charge is 0.491 e. The predicted molar refractivity (Wildman–Crippen MR) is 160 cm³/mol. The Hall–Kier alpha value is -2.84. The number of carbonyl (C=O) groups is 1. The van der Waals surface area contributed by atoms with Gasteiger partial charge in [-0.2, -0.15) is 13.1 Å². The van der Waals surface area contributed by atoms with Crippen LogP contribution in [0, 0.1) is 17.7 Å². The molecule has 0 aromatic heterocycles. The summed E-state index contributed by atoms with van der Waals surface area (Å²) >= 11 is 0. The first-order chi connectivity index (χ1) is 26.3. The molecule has 0 saturated carbocycles. The minimum Gasteiger partial charge on any atom is -0.491 e. The van der Waals surface area contributed by atoms with E-state index in [9.17, 15) is 27.1 Å². The number of benzene rings is 2. The van der Waals surface area contributed by atoms with Gasteiger partial charge in [0.2, 0.25) is 10.0 Å². The van der Waals surface area contributed by atoms with Gasteiger partial charge in [-0.05, 0) is 74.5 Å². The number of nitrogens with zero attached hydrogens (tertiary/aromatic N) is 1. The fraction of sp³-hybridized carbons (Fsp3) is 0.594. The van der Waals surface area contributed by atoms with Crippen LogP contribution in [0.2, 0.25) is 0 Å². The van der Waals surface area contributed by atoms with E-state index in [0.717, 1.165) is 31.2 Å². The number of esters is 1. The molecule has 0 radical (unpaired) electrons. The number of rotatable bonds is 16. The maximum Gasteiger partial charge on any atom is 0.387 e. The standard InChI is InChI=1S/C32H43F2NO9S/c1-20(2)17-35(45(38,39)26-11-9-25(10-12-26)43-32(33)34)18-28(36)23(15-22-5-7-24(8-6-22)42-21(3)4)16-30(37)44-29-19-41-31-27(29)13-14-40-31/h5-12,20-21,23,27-29,31-32,36H,13-19H2,1-4H3/t23-,27+,28-,29+,31-/m1/s1/i1D3,3D3,17D2,19D2,20D,21D,29D/t20?,21?,23-,27+,28-,29+,31-. The Morgan fingerprint density at radius 2 is 1.84 bits per heavy atom. The van der Waals surface area contributed by atoms with Crippen LogP contribution < -0.4 is 9.47 Å². The van der Waals surface area contributed by atoms with Gasteiger partial charge in [0.25, 0.3) is 0 Å². The van der Waals surface area contributed by atoms with Crippen LogP contribution in [0.25, 0.3) is 0 Å². The van der Waals surface area contributed by atoms with Crippen molar-refractivity contribution in [3.63, 3.8) is 0 Å². The summed E-state index contributed by atoms with van der Waals surface area (Å²) in [5.41, 5.74) is 0.258. The highest BCUT2D eigenvalue weighted by Gasteiger charge is 2.44. The maximum atomic E-state index is 14.2. The van der Waals surface area contributed by atoms with Crippen molar-refractivity contribution >= 4 is 16.0 Å². The van der Waals surface area contributed by atoms with E-state index in [0.29, 0.717) is 6.92 Å². The van der Waals surface area contributed by atoms with Gasteiger partial charge in [-0.15, -0.1) is 0 Å². The van der Waals surface area contributed by atoms with E-state index in [1.807, 2.05) is 0 Å². The molecule has 13 heteroatoms. The lowest BCUT2D eigenvalue weighted by Crippen LogP contribution is -2.43. The van der Waals surface area contributed by atoms with Gasteiger partial charge in [0.15, 0.2) is 6.29 Å². The molecule has 2 aromatic carbocycles. The molecule has 2 fully saturated rings. The molecule has 2 heterocycles. The van der Waals surface area contributed by atoms with E-state index in [1.165, 1.54) is 24.3 Å². The quantitative estimate of drug-likeness (QED) is 0.255. The molecule has 2 aliphatic heterocycles. The predicted octanol–water partition coefficient (Wildman–Crippen LogP) is 4.64. The zero-order chi connectivity index (χ0) is 44.1. The molecular weight excluding hydrogens is 612 g/mol. The second-order valence-electron chi connectivity index (χ2n) is 10.4. The SMILES string of the molecule is [2H]C([2H])([2H])C([2H])(C)Oc1ccc(C[C@H](CC(=O)O[C@]2([2H])[C@@H]3CCO[C@@H]3OC2([2H])[2H])[C@H](O)CN(C([2H])([2H])C([2H])(C)C([2H])([2H])[2H])S(=O)(=O)c2ccc(OC(F)F)cc2)cc1. The van der Waals surface area contributed by atoms with E-state index < -0.39 is 115 Å². The van der Waals surface area contributed by atoms with Crippen LogP contribution in [-0.2, 0) is 35.4 Å². The lowest BCUT2D eigenvalue weighted by Gasteiger charge is -2.30. The minimum atomic E-state index is -5.29. The number of sulfonamides is 1. The van der Waals surface area contributed by atoms with Gasteiger partial charge < -0.3 is 28.8 Å². The van der Waals surface area contributed by atoms with E-state index >= 15 is 0 Å². The number of hydrogen-bond acceptors (Lipinski definition) is 9. The van der Waals surface area contributed by atoms with Gasteiger partial charge in [0.05, 0.1) is 48.1 Å². The van der Waals surface area contributed by atoms with Crippen molar-refractivity contribution < 1.29 is 68.6 Å². The molecule has 1 N–H and O–H groups in total. The van der Waals surface area contributed by atoms with Crippen LogP contribution in [-0.4, -0.2) is 81.2 Å². The number of aliphatic hydroxyl groups excluding tert-OH is 1. The van der Waals surface area contributed by atoms with E-state index in [4.69, 9.17) is 36.8 Å². The van der Waals surface area contributed by atoms with Crippen molar-refractivity contribution in [2.45, 2.75) is 82.9 Å². The molecule has 2 aromatic rings. The number of hydrogen-bond donors (Lipinski definition) is 1. The van der Waals surface area contributed by atoms with Crippen molar-refractivity contribution in [2.75, 3.05) is 26.2 Å². The molecule has 0 aliphatic carbocycles. The van der Waals surface area contributed by atoms with Gasteiger partial charge >= 0.3 is 12.6 Å². The molecule has 10 nitrogen and oxygen atoms in total. The molecule has 4 rings (SSSR count). The molecular formula is C32H43F2NO9S. The van der Waals surface area contributed by atoms with Crippen LogP contribution in [0.1, 0.15) is 63.8 Å². The Balaban J connectivity index is 1.75. The van der Waals surface area contributed by atoms with Gasteiger partial charge in [-0.25, -0.2) is 8.42 Å². The van der Waals surface area contributed by atoms with Gasteiger partial charge in [0.1, 0.15) is 17.6 Å². The van der Waals surface area contributed by atoms with Crippen LogP contribution in [0.15, 0.2) is 53.4 Å². The topological polar surface area (TPSA) is 121 Å². The van der Waals surface area contributed by atoms with E-state index in [1.54, 1.807) is 0 Å². The summed E-state index contributed by atoms with van der Waals surface area (Å²) in [6.45, 7) is -15.8. The summed E-state index contributed by atoms with van der Waals surface area (Å²) < 4.78 is 185. The lowest BCUT2D eigenvalue weighted by atomic mass is 9.90. The number of halogens is 2. The van der Waals surface area contributed by atoms with Crippen LogP contribution in [0.4, 0.5) is 8.78 Å². The lowest BCUT2D eigenvalue weighted by molar-refractivity contribution is -0.153. The monoisotopic (exact) mass is 668 g/mol. The van der Waals surface area contributed by atoms with Crippen molar-refractivity contribution in [1.82, 2.24) is 4.31 Å². The molecule has 0 bridgehead atoms. The maximum absolute atomic E-state index is 14.2. The Kier molecular flexibility index (Phi) is 7.34. The van der Waals surface area contributed by atoms with Crippen molar-refractivity contribution in [1.29, 1.82) is 0 Å². The Bertz CT molecular complexity index is 1870. The first kappa shape index (κ1) is 21.1. The molecule has 7 atom stereocenters. The molecule has 2 saturated heterocycles. The summed E-state index contributed by atoms with van der Waals surface area (Å²) in [6.07, 6.45) is -9.56. The fourth-order valence-electron chi connectivity index (χ4n) is 4.75. The summed E-state index contributed by atoms with van der Waals surface area (Å²) in [5.74, 6) is -7.66. The molecule has 0 amide bonds. The fourth-order valence-corrected chi connectivity index (χ4v) is 6.09.